The number of amides is 1. The van der Waals surface area contributed by atoms with Crippen molar-refractivity contribution in [3.63, 3.8) is 0 Å². The van der Waals surface area contributed by atoms with Crippen molar-refractivity contribution in [2.75, 3.05) is 25.3 Å². The molecular formula is C20H25ClN4O3S2. The first-order valence-electron chi connectivity index (χ1n) is 9.36. The summed E-state index contributed by atoms with van der Waals surface area (Å²) in [6.07, 6.45) is 5.06. The van der Waals surface area contributed by atoms with Crippen LogP contribution >= 0.6 is 35.6 Å². The Hall–Kier alpha value is -2.23. The van der Waals surface area contributed by atoms with Crippen LogP contribution in [-0.4, -0.2) is 36.0 Å². The summed E-state index contributed by atoms with van der Waals surface area (Å²) in [5.74, 6) is 1.53. The van der Waals surface area contributed by atoms with E-state index in [-0.39, 0.29) is 11.0 Å². The Morgan fingerprint density at radius 3 is 2.67 bits per heavy atom. The van der Waals surface area contributed by atoms with Gasteiger partial charge in [-0.3, -0.25) is 15.6 Å². The van der Waals surface area contributed by atoms with E-state index in [0.717, 1.165) is 25.0 Å². The number of thiocarbonyl (C=S) groups is 1. The number of pyridine rings is 1. The van der Waals surface area contributed by atoms with Gasteiger partial charge in [-0.05, 0) is 36.5 Å². The number of carbonyl (C=O) groups is 1. The Labute approximate surface area is 191 Å². The molecule has 2 aromatic rings. The second-order valence-electron chi connectivity index (χ2n) is 6.13. The Balaban J connectivity index is 1.98. The lowest BCUT2D eigenvalue weighted by Gasteiger charge is -2.16. The first-order chi connectivity index (χ1) is 14.5. The van der Waals surface area contributed by atoms with Crippen LogP contribution in [0.2, 0.25) is 5.02 Å². The molecule has 0 spiro atoms. The number of carbonyl (C=O) groups excluding carboxylic acids is 1. The lowest BCUT2D eigenvalue weighted by Crippen LogP contribution is -2.44. The van der Waals surface area contributed by atoms with E-state index in [1.54, 1.807) is 42.2 Å². The smallest absolute Gasteiger partial charge is 0.272 e. The van der Waals surface area contributed by atoms with Gasteiger partial charge in [-0.15, -0.1) is 11.8 Å². The normalized spacial score (nSPS) is 10.3. The molecule has 10 heteroatoms. The highest BCUT2D eigenvalue weighted by molar-refractivity contribution is 7.99. The molecule has 1 aromatic carbocycles. The van der Waals surface area contributed by atoms with E-state index in [9.17, 15) is 4.79 Å². The Morgan fingerprint density at radius 1 is 1.20 bits per heavy atom. The fourth-order valence-electron chi connectivity index (χ4n) is 2.49. The minimum absolute atomic E-state index is 0.173. The number of benzene rings is 1. The third kappa shape index (κ3) is 6.93. The molecule has 0 saturated heterocycles. The zero-order valence-corrected chi connectivity index (χ0v) is 19.5. The SMILES string of the molecule is CCCCCSc1ncccc1C(=O)NNC(=S)Nc1cc(OC)c(Cl)cc1OC. The molecule has 0 atom stereocenters. The number of ether oxygens (including phenoxy) is 2. The van der Waals surface area contributed by atoms with Crippen LogP contribution in [0.4, 0.5) is 5.69 Å². The van der Waals surface area contributed by atoms with Gasteiger partial charge in [0.15, 0.2) is 5.11 Å². The van der Waals surface area contributed by atoms with Crippen LogP contribution in [0.25, 0.3) is 0 Å². The molecule has 0 unspecified atom stereocenters. The third-order valence-electron chi connectivity index (χ3n) is 4.01. The summed E-state index contributed by atoms with van der Waals surface area (Å²) in [4.78, 5) is 16.9. The minimum atomic E-state index is -0.328. The number of nitrogens with zero attached hydrogens (tertiary/aromatic N) is 1. The van der Waals surface area contributed by atoms with Crippen LogP contribution in [0.5, 0.6) is 11.5 Å². The maximum atomic E-state index is 12.6. The Morgan fingerprint density at radius 2 is 1.97 bits per heavy atom. The van der Waals surface area contributed by atoms with Gasteiger partial charge in [-0.1, -0.05) is 31.4 Å². The van der Waals surface area contributed by atoms with Gasteiger partial charge in [0.2, 0.25) is 0 Å². The maximum Gasteiger partial charge on any atom is 0.272 e. The van der Waals surface area contributed by atoms with Crippen LogP contribution < -0.4 is 25.6 Å². The van der Waals surface area contributed by atoms with Crippen molar-refractivity contribution < 1.29 is 14.3 Å². The van der Waals surface area contributed by atoms with E-state index in [4.69, 9.17) is 33.3 Å². The van der Waals surface area contributed by atoms with Gasteiger partial charge in [0.05, 0.1) is 30.5 Å². The van der Waals surface area contributed by atoms with Crippen molar-refractivity contribution >= 4 is 52.3 Å². The zero-order valence-electron chi connectivity index (χ0n) is 17.1. The van der Waals surface area contributed by atoms with Crippen molar-refractivity contribution in [1.82, 2.24) is 15.8 Å². The summed E-state index contributed by atoms with van der Waals surface area (Å²) in [5, 5.41) is 4.23. The van der Waals surface area contributed by atoms with Crippen LogP contribution in [0.15, 0.2) is 35.5 Å². The highest BCUT2D eigenvalue weighted by Crippen LogP contribution is 2.35. The van der Waals surface area contributed by atoms with Gasteiger partial charge >= 0.3 is 0 Å². The number of anilines is 1. The highest BCUT2D eigenvalue weighted by Gasteiger charge is 2.14. The summed E-state index contributed by atoms with van der Waals surface area (Å²) < 4.78 is 10.5. The molecule has 162 valence electrons. The van der Waals surface area contributed by atoms with Crippen LogP contribution in [0.3, 0.4) is 0 Å². The van der Waals surface area contributed by atoms with Crippen LogP contribution in [0.1, 0.15) is 36.5 Å². The fourth-order valence-corrected chi connectivity index (χ4v) is 3.88. The Kier molecular flexibility index (Phi) is 9.99. The number of hydrazine groups is 1. The van der Waals surface area contributed by atoms with Crippen LogP contribution in [0, 0.1) is 0 Å². The quantitative estimate of drug-likeness (QED) is 0.212. The molecule has 0 aliphatic rings. The molecule has 1 amide bonds. The Bertz CT molecular complexity index is 883. The predicted octanol–water partition coefficient (Wildman–Crippen LogP) is 4.67. The molecule has 0 saturated carbocycles. The van der Waals surface area contributed by atoms with E-state index in [1.807, 2.05) is 0 Å². The van der Waals surface area contributed by atoms with E-state index in [1.165, 1.54) is 14.2 Å². The number of halogens is 1. The predicted molar refractivity (Wildman–Crippen MR) is 126 cm³/mol. The average molecular weight is 469 g/mol. The zero-order chi connectivity index (χ0) is 21.9. The van der Waals surface area contributed by atoms with Crippen molar-refractivity contribution in [1.29, 1.82) is 0 Å². The van der Waals surface area contributed by atoms with Gasteiger partial charge < -0.3 is 14.8 Å². The number of hydrogen-bond acceptors (Lipinski definition) is 6. The molecule has 1 heterocycles. The van der Waals surface area contributed by atoms with Crippen molar-refractivity contribution in [2.45, 2.75) is 31.2 Å². The van der Waals surface area contributed by atoms with E-state index < -0.39 is 0 Å². The summed E-state index contributed by atoms with van der Waals surface area (Å²) in [6, 6.07) is 6.73. The second kappa shape index (κ2) is 12.5. The number of hydrogen-bond donors (Lipinski definition) is 3. The van der Waals surface area contributed by atoms with Crippen molar-refractivity contribution in [3.8, 4) is 11.5 Å². The summed E-state index contributed by atoms with van der Waals surface area (Å²) in [6.45, 7) is 2.16. The molecule has 0 aliphatic heterocycles. The van der Waals surface area contributed by atoms with E-state index in [0.29, 0.717) is 32.8 Å². The summed E-state index contributed by atoms with van der Waals surface area (Å²) in [7, 11) is 3.03. The molecule has 0 fully saturated rings. The maximum absolute atomic E-state index is 12.6. The van der Waals surface area contributed by atoms with Gasteiger partial charge in [-0.25, -0.2) is 4.98 Å². The molecule has 7 nitrogen and oxygen atoms in total. The van der Waals surface area contributed by atoms with Gasteiger partial charge in [0, 0.05) is 18.3 Å². The minimum Gasteiger partial charge on any atom is -0.495 e. The monoisotopic (exact) mass is 468 g/mol. The highest BCUT2D eigenvalue weighted by atomic mass is 35.5. The summed E-state index contributed by atoms with van der Waals surface area (Å²) in [5.41, 5.74) is 6.31. The number of thioether (sulfide) groups is 1. The van der Waals surface area contributed by atoms with Crippen molar-refractivity contribution in [2.24, 2.45) is 0 Å². The second-order valence-corrected chi connectivity index (χ2v) is 8.03. The van der Waals surface area contributed by atoms with Gasteiger partial charge in [0.25, 0.3) is 5.91 Å². The molecule has 30 heavy (non-hydrogen) atoms. The lowest BCUT2D eigenvalue weighted by atomic mass is 10.2. The molecule has 0 bridgehead atoms. The standard InChI is InChI=1S/C20H25ClN4O3S2/c1-4-5-6-10-30-19-13(8-7-9-22-19)18(26)24-25-20(29)23-15-12-16(27-2)14(21)11-17(15)28-3/h7-9,11-12H,4-6,10H2,1-3H3,(H,24,26)(H2,23,25,29). The number of unbranched alkanes of at least 4 members (excludes halogenated alkanes) is 2. The first kappa shape index (κ1) is 24.0. The lowest BCUT2D eigenvalue weighted by molar-refractivity contribution is 0.0940. The molecular weight excluding hydrogens is 444 g/mol. The molecule has 3 N–H and O–H groups in total. The number of nitrogens with one attached hydrogen (secondary N) is 3. The van der Waals surface area contributed by atoms with Crippen LogP contribution in [-0.2, 0) is 0 Å². The number of rotatable bonds is 9. The first-order valence-corrected chi connectivity index (χ1v) is 11.1. The third-order valence-corrected chi connectivity index (χ3v) is 5.61. The topological polar surface area (TPSA) is 84.5 Å². The van der Waals surface area contributed by atoms with E-state index in [2.05, 4.69) is 28.1 Å². The molecule has 0 aliphatic carbocycles. The fraction of sp³-hybridized carbons (Fsp3) is 0.350. The molecule has 0 radical (unpaired) electrons. The largest absolute Gasteiger partial charge is 0.495 e. The van der Waals surface area contributed by atoms with Crippen molar-refractivity contribution in [3.05, 3.63) is 41.0 Å². The van der Waals surface area contributed by atoms with E-state index >= 15 is 0 Å². The number of aromatic nitrogens is 1. The number of methoxy groups -OCH3 is 2. The molecule has 1 aromatic heterocycles. The van der Waals surface area contributed by atoms with Gasteiger partial charge in [-0.2, -0.15) is 0 Å². The molecule has 2 rings (SSSR count). The van der Waals surface area contributed by atoms with Gasteiger partial charge in [0.1, 0.15) is 16.5 Å². The average Bonchev–Trinajstić information content (AvgIpc) is 2.76. The summed E-state index contributed by atoms with van der Waals surface area (Å²) >= 11 is 13.0.